The van der Waals surface area contributed by atoms with E-state index in [1.807, 2.05) is 0 Å². The zero-order valence-corrected chi connectivity index (χ0v) is 11.6. The number of nitrogens with two attached hydrogens (primary N) is 1. The first-order valence-electron chi connectivity index (χ1n) is 6.19. The second-order valence-corrected chi connectivity index (χ2v) is 4.03. The van der Waals surface area contributed by atoms with Gasteiger partial charge in [-0.2, -0.15) is 10.4 Å². The van der Waals surface area contributed by atoms with Gasteiger partial charge in [0, 0.05) is 20.3 Å². The lowest BCUT2D eigenvalue weighted by Gasteiger charge is -2.12. The van der Waals surface area contributed by atoms with Gasteiger partial charge in [-0.05, 0) is 18.6 Å². The lowest BCUT2D eigenvalue weighted by molar-refractivity contribution is 0.198. The molecule has 0 aliphatic rings. The predicted octanol–water partition coefficient (Wildman–Crippen LogP) is 1.50. The monoisotopic (exact) mass is 292 g/mol. The van der Waals surface area contributed by atoms with Crippen LogP contribution in [0.2, 0.25) is 0 Å². The van der Waals surface area contributed by atoms with Crippen LogP contribution < -0.4 is 16.5 Å². The number of hydrazone groups is 1. The molecule has 0 unspecified atom stereocenters. The molecule has 21 heavy (non-hydrogen) atoms. The van der Waals surface area contributed by atoms with Crippen molar-refractivity contribution in [2.75, 3.05) is 31.0 Å². The van der Waals surface area contributed by atoms with E-state index >= 15 is 0 Å². The summed E-state index contributed by atoms with van der Waals surface area (Å²) in [6.45, 7) is 1.18. The van der Waals surface area contributed by atoms with E-state index in [0.717, 1.165) is 6.42 Å². The number of amidine groups is 1. The lowest BCUT2D eigenvalue weighted by Crippen LogP contribution is -2.22. The number of nitrogens with zero attached hydrogens (tertiary/aromatic N) is 2. The highest BCUT2D eigenvalue weighted by Gasteiger charge is 2.08. The van der Waals surface area contributed by atoms with Crippen molar-refractivity contribution in [3.8, 4) is 6.07 Å². The van der Waals surface area contributed by atoms with E-state index in [1.165, 1.54) is 6.07 Å². The maximum Gasteiger partial charge on any atom is 0.201 e. The van der Waals surface area contributed by atoms with Crippen LogP contribution in [0.1, 0.15) is 6.42 Å². The van der Waals surface area contributed by atoms with Gasteiger partial charge in [-0.15, -0.1) is 0 Å². The Hall–Kier alpha value is -2.66. The van der Waals surface area contributed by atoms with E-state index in [1.54, 1.807) is 25.3 Å². The summed E-state index contributed by atoms with van der Waals surface area (Å²) < 4.78 is 18.7. The van der Waals surface area contributed by atoms with Gasteiger partial charge in [0.1, 0.15) is 17.6 Å². The molecule has 0 aromatic heterocycles. The molecule has 8 heteroatoms. The summed E-state index contributed by atoms with van der Waals surface area (Å²) in [5.74, 6) is -1.02. The van der Waals surface area contributed by atoms with Crippen molar-refractivity contribution in [1.82, 2.24) is 0 Å². The molecule has 0 heterocycles. The van der Waals surface area contributed by atoms with Crippen LogP contribution in [-0.2, 0) is 4.74 Å². The molecule has 0 atom stereocenters. The maximum atomic E-state index is 13.8. The summed E-state index contributed by atoms with van der Waals surface area (Å²) in [5.41, 5.74) is 7.87. The van der Waals surface area contributed by atoms with Crippen LogP contribution in [0.3, 0.4) is 0 Å². The van der Waals surface area contributed by atoms with Crippen molar-refractivity contribution in [3.05, 3.63) is 24.0 Å². The number of ether oxygens (including phenoxy) is 1. The minimum atomic E-state index is -0.531. The molecule has 5 N–H and O–H groups in total. The highest BCUT2D eigenvalue weighted by molar-refractivity contribution is 6.45. The second kappa shape index (κ2) is 8.50. The SMILES string of the molecule is COCCCNc1cccc(F)c1N/N=C(\C#N)C(=N)N. The molecule has 0 aliphatic heterocycles. The number of hydrogen-bond donors (Lipinski definition) is 4. The number of methoxy groups -OCH3 is 1. The van der Waals surface area contributed by atoms with Gasteiger partial charge < -0.3 is 15.8 Å². The van der Waals surface area contributed by atoms with Crippen LogP contribution in [-0.4, -0.2) is 31.8 Å². The number of nitriles is 1. The zero-order valence-electron chi connectivity index (χ0n) is 11.6. The molecule has 1 aromatic carbocycles. The van der Waals surface area contributed by atoms with E-state index < -0.39 is 11.7 Å². The summed E-state index contributed by atoms with van der Waals surface area (Å²) in [6, 6.07) is 6.14. The molecule has 0 radical (unpaired) electrons. The molecular weight excluding hydrogens is 275 g/mol. The molecule has 0 bridgehead atoms. The Morgan fingerprint density at radius 2 is 2.33 bits per heavy atom. The van der Waals surface area contributed by atoms with Gasteiger partial charge in [0.05, 0.1) is 5.69 Å². The number of para-hydroxylation sites is 1. The first kappa shape index (κ1) is 16.4. The molecule has 0 amide bonds. The van der Waals surface area contributed by atoms with Gasteiger partial charge in [-0.1, -0.05) is 6.07 Å². The van der Waals surface area contributed by atoms with Gasteiger partial charge in [-0.3, -0.25) is 10.8 Å². The number of nitrogens with one attached hydrogen (secondary N) is 3. The average molecular weight is 292 g/mol. The predicted molar refractivity (Wildman–Crippen MR) is 80.0 cm³/mol. The van der Waals surface area contributed by atoms with Gasteiger partial charge >= 0.3 is 0 Å². The number of benzene rings is 1. The Morgan fingerprint density at radius 3 is 2.95 bits per heavy atom. The van der Waals surface area contributed by atoms with Crippen LogP contribution in [0.5, 0.6) is 0 Å². The van der Waals surface area contributed by atoms with Gasteiger partial charge in [0.25, 0.3) is 0 Å². The van der Waals surface area contributed by atoms with E-state index in [4.69, 9.17) is 21.1 Å². The number of anilines is 2. The molecular formula is C13H17FN6O. The van der Waals surface area contributed by atoms with Crippen molar-refractivity contribution >= 4 is 22.9 Å². The highest BCUT2D eigenvalue weighted by atomic mass is 19.1. The fourth-order valence-electron chi connectivity index (χ4n) is 1.48. The molecule has 0 aliphatic carbocycles. The van der Waals surface area contributed by atoms with Gasteiger partial charge in [0.15, 0.2) is 5.84 Å². The summed E-state index contributed by atoms with van der Waals surface area (Å²) in [7, 11) is 1.61. The number of rotatable bonds is 8. The fraction of sp³-hybridized carbons (Fsp3) is 0.308. The molecule has 0 saturated heterocycles. The smallest absolute Gasteiger partial charge is 0.201 e. The lowest BCUT2D eigenvalue weighted by atomic mass is 10.2. The van der Waals surface area contributed by atoms with Crippen LogP contribution in [0, 0.1) is 22.6 Å². The molecule has 112 valence electrons. The van der Waals surface area contributed by atoms with E-state index in [2.05, 4.69) is 15.8 Å². The molecule has 1 rings (SSSR count). The largest absolute Gasteiger partial charge is 0.385 e. The third-order valence-electron chi connectivity index (χ3n) is 2.49. The Bertz CT molecular complexity index is 566. The van der Waals surface area contributed by atoms with Crippen LogP contribution in [0.4, 0.5) is 15.8 Å². The first-order chi connectivity index (χ1) is 10.1. The van der Waals surface area contributed by atoms with Crippen molar-refractivity contribution in [3.63, 3.8) is 0 Å². The van der Waals surface area contributed by atoms with Crippen LogP contribution in [0.15, 0.2) is 23.3 Å². The van der Waals surface area contributed by atoms with E-state index in [9.17, 15) is 4.39 Å². The fourth-order valence-corrected chi connectivity index (χ4v) is 1.48. The first-order valence-corrected chi connectivity index (χ1v) is 6.19. The van der Waals surface area contributed by atoms with Gasteiger partial charge in [-0.25, -0.2) is 4.39 Å². The normalized spacial score (nSPS) is 10.8. The Labute approximate surface area is 122 Å². The van der Waals surface area contributed by atoms with Crippen molar-refractivity contribution < 1.29 is 9.13 Å². The van der Waals surface area contributed by atoms with Crippen LogP contribution in [0.25, 0.3) is 0 Å². The molecule has 0 fully saturated rings. The zero-order chi connectivity index (χ0) is 15.7. The molecule has 7 nitrogen and oxygen atoms in total. The quantitative estimate of drug-likeness (QED) is 0.250. The Kier molecular flexibility index (Phi) is 6.63. The maximum absolute atomic E-state index is 13.8. The van der Waals surface area contributed by atoms with Gasteiger partial charge in [0.2, 0.25) is 5.71 Å². The van der Waals surface area contributed by atoms with Crippen LogP contribution >= 0.6 is 0 Å². The number of halogens is 1. The summed E-state index contributed by atoms with van der Waals surface area (Å²) in [6.07, 6.45) is 0.757. The van der Waals surface area contributed by atoms with Crippen molar-refractivity contribution in [2.24, 2.45) is 10.8 Å². The number of hydrogen-bond acceptors (Lipinski definition) is 6. The molecule has 1 aromatic rings. The minimum Gasteiger partial charge on any atom is -0.385 e. The van der Waals surface area contributed by atoms with Crippen molar-refractivity contribution in [1.29, 1.82) is 10.7 Å². The third-order valence-corrected chi connectivity index (χ3v) is 2.49. The Balaban J connectivity index is 2.85. The van der Waals surface area contributed by atoms with E-state index in [-0.39, 0.29) is 11.4 Å². The highest BCUT2D eigenvalue weighted by Crippen LogP contribution is 2.25. The minimum absolute atomic E-state index is 0.0870. The molecule has 0 spiro atoms. The Morgan fingerprint density at radius 1 is 1.57 bits per heavy atom. The molecule has 0 saturated carbocycles. The third kappa shape index (κ3) is 5.08. The summed E-state index contributed by atoms with van der Waals surface area (Å²) in [5, 5.41) is 22.6. The van der Waals surface area contributed by atoms with Crippen molar-refractivity contribution in [2.45, 2.75) is 6.42 Å². The summed E-state index contributed by atoms with van der Waals surface area (Å²) in [4.78, 5) is 0. The second-order valence-electron chi connectivity index (χ2n) is 4.03. The van der Waals surface area contributed by atoms with E-state index in [0.29, 0.717) is 18.8 Å². The summed E-state index contributed by atoms with van der Waals surface area (Å²) >= 11 is 0. The average Bonchev–Trinajstić information content (AvgIpc) is 2.46. The standard InChI is InChI=1S/C13H17FN6O/c1-21-7-3-6-18-10-5-2-4-9(14)12(10)20-19-11(8-15)13(16)17/h2,4-5,18,20H,3,6-7H2,1H3,(H3,16,17)/b19-11+. The topological polar surface area (TPSA) is 119 Å².